The lowest BCUT2D eigenvalue weighted by Gasteiger charge is -2.10. The first-order valence-electron chi connectivity index (χ1n) is 5.80. The van der Waals surface area contributed by atoms with Gasteiger partial charge in [-0.25, -0.2) is 8.78 Å². The minimum absolute atomic E-state index is 0.0397. The van der Waals surface area contributed by atoms with Crippen molar-refractivity contribution in [2.75, 3.05) is 17.2 Å². The van der Waals surface area contributed by atoms with Crippen LogP contribution in [-0.4, -0.2) is 12.5 Å². The number of para-hydroxylation sites is 2. The Labute approximate surface area is 119 Å². The average Bonchev–Trinajstić information content (AvgIpc) is 2.41. The van der Waals surface area contributed by atoms with Gasteiger partial charge in [-0.1, -0.05) is 29.8 Å². The number of rotatable bonds is 4. The quantitative estimate of drug-likeness (QED) is 0.904. The molecule has 0 atom stereocenters. The molecule has 0 aromatic heterocycles. The molecular formula is C14H11ClF2N2O. The molecule has 0 radical (unpaired) electrons. The highest BCUT2D eigenvalue weighted by atomic mass is 35.5. The van der Waals surface area contributed by atoms with Crippen LogP contribution in [0.1, 0.15) is 0 Å². The summed E-state index contributed by atoms with van der Waals surface area (Å²) in [6.45, 7) is -0.227. The van der Waals surface area contributed by atoms with E-state index in [4.69, 9.17) is 11.6 Å². The van der Waals surface area contributed by atoms with E-state index in [1.54, 1.807) is 6.07 Å². The topological polar surface area (TPSA) is 41.1 Å². The van der Waals surface area contributed by atoms with Crippen molar-refractivity contribution in [1.29, 1.82) is 0 Å². The lowest BCUT2D eigenvalue weighted by molar-refractivity contribution is -0.114. The van der Waals surface area contributed by atoms with Crippen LogP contribution >= 0.6 is 11.6 Å². The fraction of sp³-hybridized carbons (Fsp3) is 0.0714. The molecule has 0 saturated heterocycles. The van der Waals surface area contributed by atoms with Gasteiger partial charge in [0.2, 0.25) is 5.91 Å². The van der Waals surface area contributed by atoms with Crippen LogP contribution in [0.5, 0.6) is 0 Å². The standard InChI is InChI=1S/C14H11ClF2N2O/c15-9-4-3-6-11(17)14(9)18-8-13(20)19-12-7-2-1-5-10(12)16/h1-7,18H,8H2,(H,19,20). The van der Waals surface area contributed by atoms with Gasteiger partial charge in [-0.2, -0.15) is 0 Å². The molecule has 6 heteroatoms. The van der Waals surface area contributed by atoms with Crippen LogP contribution in [-0.2, 0) is 4.79 Å². The fourth-order valence-electron chi connectivity index (χ4n) is 1.59. The Hall–Kier alpha value is -2.14. The van der Waals surface area contributed by atoms with E-state index in [-0.39, 0.29) is 22.9 Å². The highest BCUT2D eigenvalue weighted by Gasteiger charge is 2.10. The van der Waals surface area contributed by atoms with Gasteiger partial charge in [0.05, 0.1) is 22.9 Å². The largest absolute Gasteiger partial charge is 0.373 e. The lowest BCUT2D eigenvalue weighted by Crippen LogP contribution is -2.22. The third-order valence-corrected chi connectivity index (χ3v) is 2.85. The molecule has 3 nitrogen and oxygen atoms in total. The lowest BCUT2D eigenvalue weighted by atomic mass is 10.3. The van der Waals surface area contributed by atoms with Gasteiger partial charge in [0.1, 0.15) is 11.6 Å². The predicted molar refractivity (Wildman–Crippen MR) is 74.9 cm³/mol. The first-order valence-corrected chi connectivity index (χ1v) is 6.18. The van der Waals surface area contributed by atoms with E-state index in [1.165, 1.54) is 36.4 Å². The van der Waals surface area contributed by atoms with Gasteiger partial charge in [0.15, 0.2) is 0 Å². The van der Waals surface area contributed by atoms with Crippen molar-refractivity contribution in [3.8, 4) is 0 Å². The number of halogens is 3. The first-order chi connectivity index (χ1) is 9.58. The van der Waals surface area contributed by atoms with Gasteiger partial charge < -0.3 is 10.6 Å². The first kappa shape index (κ1) is 14.3. The van der Waals surface area contributed by atoms with Crippen LogP contribution < -0.4 is 10.6 Å². The summed E-state index contributed by atoms with van der Waals surface area (Å²) in [4.78, 5) is 11.7. The van der Waals surface area contributed by atoms with Crippen LogP contribution in [0.15, 0.2) is 42.5 Å². The van der Waals surface area contributed by atoms with Gasteiger partial charge in [-0.05, 0) is 24.3 Å². The number of benzene rings is 2. The van der Waals surface area contributed by atoms with Crippen molar-refractivity contribution in [2.45, 2.75) is 0 Å². The van der Waals surface area contributed by atoms with Gasteiger partial charge >= 0.3 is 0 Å². The molecule has 0 aliphatic rings. The molecule has 2 aromatic carbocycles. The number of hydrogen-bond acceptors (Lipinski definition) is 2. The van der Waals surface area contributed by atoms with Gasteiger partial charge in [-0.3, -0.25) is 4.79 Å². The molecule has 0 aliphatic carbocycles. The number of carbonyl (C=O) groups is 1. The zero-order valence-electron chi connectivity index (χ0n) is 10.3. The van der Waals surface area contributed by atoms with Crippen molar-refractivity contribution in [2.24, 2.45) is 0 Å². The molecule has 2 rings (SSSR count). The maximum Gasteiger partial charge on any atom is 0.243 e. The van der Waals surface area contributed by atoms with E-state index < -0.39 is 17.5 Å². The normalized spacial score (nSPS) is 10.2. The molecule has 0 aliphatic heterocycles. The zero-order chi connectivity index (χ0) is 14.5. The van der Waals surface area contributed by atoms with E-state index in [9.17, 15) is 13.6 Å². The highest BCUT2D eigenvalue weighted by molar-refractivity contribution is 6.33. The minimum atomic E-state index is -0.559. The smallest absolute Gasteiger partial charge is 0.243 e. The van der Waals surface area contributed by atoms with Gasteiger partial charge in [-0.15, -0.1) is 0 Å². The van der Waals surface area contributed by atoms with Crippen molar-refractivity contribution in [1.82, 2.24) is 0 Å². The van der Waals surface area contributed by atoms with E-state index >= 15 is 0 Å². The average molecular weight is 297 g/mol. The maximum absolute atomic E-state index is 13.5. The Morgan fingerprint density at radius 2 is 1.75 bits per heavy atom. The fourth-order valence-corrected chi connectivity index (χ4v) is 1.82. The summed E-state index contributed by atoms with van der Waals surface area (Å²) in [6, 6.07) is 9.97. The van der Waals surface area contributed by atoms with Crippen molar-refractivity contribution in [3.05, 3.63) is 59.1 Å². The number of hydrogen-bond donors (Lipinski definition) is 2. The highest BCUT2D eigenvalue weighted by Crippen LogP contribution is 2.24. The van der Waals surface area contributed by atoms with Crippen LogP contribution in [0, 0.1) is 11.6 Å². The molecule has 0 unspecified atom stereocenters. The maximum atomic E-state index is 13.5. The third-order valence-electron chi connectivity index (χ3n) is 2.54. The molecular weight excluding hydrogens is 286 g/mol. The second kappa shape index (κ2) is 6.34. The third kappa shape index (κ3) is 3.45. The molecule has 0 spiro atoms. The summed E-state index contributed by atoms with van der Waals surface area (Å²) >= 11 is 5.80. The molecule has 1 amide bonds. The summed E-state index contributed by atoms with van der Waals surface area (Å²) < 4.78 is 26.8. The molecule has 2 N–H and O–H groups in total. The number of carbonyl (C=O) groups excluding carboxylic acids is 1. The Bertz CT molecular complexity index is 614. The van der Waals surface area contributed by atoms with Crippen molar-refractivity contribution >= 4 is 28.9 Å². The molecule has 0 saturated carbocycles. The zero-order valence-corrected chi connectivity index (χ0v) is 11.0. The second-order valence-corrected chi connectivity index (χ2v) is 4.39. The van der Waals surface area contributed by atoms with E-state index in [0.717, 1.165) is 0 Å². The van der Waals surface area contributed by atoms with E-state index in [1.807, 2.05) is 0 Å². The summed E-state index contributed by atoms with van der Waals surface area (Å²) in [7, 11) is 0. The van der Waals surface area contributed by atoms with Gasteiger partial charge in [0, 0.05) is 0 Å². The molecule has 0 fully saturated rings. The Morgan fingerprint density at radius 3 is 2.45 bits per heavy atom. The van der Waals surface area contributed by atoms with Crippen LogP contribution in [0.3, 0.4) is 0 Å². The monoisotopic (exact) mass is 296 g/mol. The Balaban J connectivity index is 1.98. The predicted octanol–water partition coefficient (Wildman–Crippen LogP) is 3.67. The Kier molecular flexibility index (Phi) is 4.53. The van der Waals surface area contributed by atoms with Crippen LogP contribution in [0.25, 0.3) is 0 Å². The molecule has 104 valence electrons. The molecule has 20 heavy (non-hydrogen) atoms. The van der Waals surface area contributed by atoms with Crippen LogP contribution in [0.2, 0.25) is 5.02 Å². The summed E-state index contributed by atoms with van der Waals surface area (Å²) in [5.74, 6) is -1.60. The van der Waals surface area contributed by atoms with Crippen LogP contribution in [0.4, 0.5) is 20.2 Å². The summed E-state index contributed by atoms with van der Waals surface area (Å²) in [6.07, 6.45) is 0. The SMILES string of the molecule is O=C(CNc1c(F)cccc1Cl)Nc1ccccc1F. The number of anilines is 2. The van der Waals surface area contributed by atoms with E-state index in [0.29, 0.717) is 0 Å². The molecule has 2 aromatic rings. The van der Waals surface area contributed by atoms with Crippen molar-refractivity contribution in [3.63, 3.8) is 0 Å². The second-order valence-electron chi connectivity index (χ2n) is 3.98. The number of amides is 1. The van der Waals surface area contributed by atoms with Gasteiger partial charge in [0.25, 0.3) is 0 Å². The van der Waals surface area contributed by atoms with E-state index in [2.05, 4.69) is 10.6 Å². The minimum Gasteiger partial charge on any atom is -0.373 e. The molecule has 0 heterocycles. The Morgan fingerprint density at radius 1 is 1.05 bits per heavy atom. The van der Waals surface area contributed by atoms with Crippen molar-refractivity contribution < 1.29 is 13.6 Å². The number of nitrogens with one attached hydrogen (secondary N) is 2. The summed E-state index contributed by atoms with van der Waals surface area (Å²) in [5, 5.41) is 5.13. The summed E-state index contributed by atoms with van der Waals surface area (Å²) in [5.41, 5.74) is 0.108. The molecule has 0 bridgehead atoms.